The lowest BCUT2D eigenvalue weighted by Crippen LogP contribution is -2.49. The van der Waals surface area contributed by atoms with Crippen LogP contribution in [0.4, 0.5) is 0 Å². The molecule has 0 bridgehead atoms. The second-order valence-electron chi connectivity index (χ2n) is 2.40. The minimum absolute atomic E-state index is 0.229. The highest BCUT2D eigenvalue weighted by Crippen LogP contribution is 2.31. The minimum atomic E-state index is 0.229. The molecule has 3 heteroatoms. The van der Waals surface area contributed by atoms with Crippen LogP contribution < -0.4 is 0 Å². The fraction of sp³-hybridized carbons (Fsp3) is 0.500. The minimum Gasteiger partial charge on any atom is -0.314 e. The van der Waals surface area contributed by atoms with Crippen molar-refractivity contribution in [2.75, 3.05) is 0 Å². The zero-order valence-corrected chi connectivity index (χ0v) is 5.71. The average molecular weight is 141 g/mol. The van der Waals surface area contributed by atoms with Crippen molar-refractivity contribution < 1.29 is 4.79 Å². The highest BCUT2D eigenvalue weighted by molar-refractivity contribution is 7.81. The van der Waals surface area contributed by atoms with Crippen LogP contribution in [0.15, 0.2) is 12.3 Å². The van der Waals surface area contributed by atoms with Gasteiger partial charge in [0.05, 0.1) is 6.04 Å². The lowest BCUT2D eigenvalue weighted by Gasteiger charge is -2.35. The van der Waals surface area contributed by atoms with E-state index in [-0.39, 0.29) is 11.2 Å². The zero-order valence-electron chi connectivity index (χ0n) is 4.82. The monoisotopic (exact) mass is 141 g/mol. The highest BCUT2D eigenvalue weighted by atomic mass is 32.1. The molecule has 1 amide bonds. The summed E-state index contributed by atoms with van der Waals surface area (Å²) in [6, 6.07) is 0.376. The molecule has 0 aromatic rings. The van der Waals surface area contributed by atoms with Crippen LogP contribution in [0.5, 0.6) is 0 Å². The van der Waals surface area contributed by atoms with Crippen LogP contribution >= 0.6 is 12.6 Å². The normalized spacial score (nSPS) is 38.8. The van der Waals surface area contributed by atoms with E-state index in [0.717, 1.165) is 0 Å². The fourth-order valence-corrected chi connectivity index (χ4v) is 1.57. The van der Waals surface area contributed by atoms with Crippen LogP contribution in [-0.2, 0) is 4.79 Å². The quantitative estimate of drug-likeness (QED) is 0.383. The SMILES string of the molecule is O=C1C[C@H]2C(S)C=CN12. The largest absolute Gasteiger partial charge is 0.314 e. The Morgan fingerprint density at radius 3 is 3.00 bits per heavy atom. The van der Waals surface area contributed by atoms with Gasteiger partial charge in [-0.15, -0.1) is 0 Å². The number of hydrogen-bond acceptors (Lipinski definition) is 2. The first kappa shape index (κ1) is 5.35. The molecular formula is C6H7NOS. The molecule has 2 nitrogen and oxygen atoms in total. The molecule has 2 rings (SSSR count). The molecule has 2 atom stereocenters. The van der Waals surface area contributed by atoms with E-state index in [4.69, 9.17) is 0 Å². The third-order valence-corrected chi connectivity index (χ3v) is 2.38. The van der Waals surface area contributed by atoms with Gasteiger partial charge in [0.25, 0.3) is 0 Å². The van der Waals surface area contributed by atoms with Gasteiger partial charge in [0.1, 0.15) is 0 Å². The van der Waals surface area contributed by atoms with Crippen molar-refractivity contribution in [1.29, 1.82) is 0 Å². The van der Waals surface area contributed by atoms with E-state index < -0.39 is 0 Å². The van der Waals surface area contributed by atoms with Crippen molar-refractivity contribution in [2.45, 2.75) is 17.7 Å². The molecule has 2 aliphatic rings. The van der Waals surface area contributed by atoms with E-state index in [1.54, 1.807) is 4.90 Å². The third-order valence-electron chi connectivity index (χ3n) is 1.87. The van der Waals surface area contributed by atoms with Gasteiger partial charge in [-0.3, -0.25) is 4.79 Å². The predicted molar refractivity (Wildman–Crippen MR) is 37.2 cm³/mol. The van der Waals surface area contributed by atoms with Crippen molar-refractivity contribution in [3.63, 3.8) is 0 Å². The molecule has 2 aliphatic heterocycles. The van der Waals surface area contributed by atoms with E-state index in [1.165, 1.54) is 0 Å². The number of β-lactam (4-membered cyclic amide) rings is 1. The summed E-state index contributed by atoms with van der Waals surface area (Å²) in [6.07, 6.45) is 4.47. The fourth-order valence-electron chi connectivity index (χ4n) is 1.24. The van der Waals surface area contributed by atoms with Crippen molar-refractivity contribution in [3.8, 4) is 0 Å². The van der Waals surface area contributed by atoms with E-state index in [2.05, 4.69) is 12.6 Å². The molecule has 0 spiro atoms. The van der Waals surface area contributed by atoms with E-state index in [1.807, 2.05) is 12.3 Å². The Kier molecular flexibility index (Phi) is 0.913. The summed E-state index contributed by atoms with van der Waals surface area (Å²) in [4.78, 5) is 12.4. The molecule has 0 radical (unpaired) electrons. The second-order valence-corrected chi connectivity index (χ2v) is 3.00. The summed E-state index contributed by atoms with van der Waals surface area (Å²) in [6.45, 7) is 0. The number of hydrogen-bond donors (Lipinski definition) is 1. The molecule has 48 valence electrons. The standard InChI is InChI=1S/C6H7NOS/c8-6-3-4-5(9)1-2-7(4)6/h1-2,4-5,9H,3H2/t4-,5?/m0/s1. The third kappa shape index (κ3) is 0.553. The van der Waals surface area contributed by atoms with Gasteiger partial charge in [0, 0.05) is 17.9 Å². The van der Waals surface area contributed by atoms with Gasteiger partial charge in [-0.05, 0) is 0 Å². The first-order chi connectivity index (χ1) is 4.29. The molecule has 1 saturated heterocycles. The maximum Gasteiger partial charge on any atom is 0.228 e. The summed E-state index contributed by atoms with van der Waals surface area (Å²) >= 11 is 4.26. The number of rotatable bonds is 0. The van der Waals surface area contributed by atoms with Gasteiger partial charge >= 0.3 is 0 Å². The number of amides is 1. The molecule has 0 aliphatic carbocycles. The van der Waals surface area contributed by atoms with E-state index in [9.17, 15) is 4.79 Å². The Morgan fingerprint density at radius 2 is 2.56 bits per heavy atom. The number of carbonyl (C=O) groups excluding carboxylic acids is 1. The molecule has 1 fully saturated rings. The summed E-state index contributed by atoms with van der Waals surface area (Å²) in [5.41, 5.74) is 0. The van der Waals surface area contributed by atoms with Gasteiger partial charge in [-0.1, -0.05) is 6.08 Å². The van der Waals surface area contributed by atoms with Gasteiger partial charge in [-0.2, -0.15) is 12.6 Å². The molecule has 0 aromatic heterocycles. The highest BCUT2D eigenvalue weighted by Gasteiger charge is 2.41. The molecule has 1 unspecified atom stereocenters. The smallest absolute Gasteiger partial charge is 0.228 e. The van der Waals surface area contributed by atoms with E-state index in [0.29, 0.717) is 12.5 Å². The lowest BCUT2D eigenvalue weighted by atomic mass is 10.0. The first-order valence-corrected chi connectivity index (χ1v) is 3.48. The van der Waals surface area contributed by atoms with Crippen LogP contribution in [-0.4, -0.2) is 22.1 Å². The Labute approximate surface area is 58.9 Å². The van der Waals surface area contributed by atoms with Crippen LogP contribution in [0.1, 0.15) is 6.42 Å². The van der Waals surface area contributed by atoms with Crippen molar-refractivity contribution in [3.05, 3.63) is 12.3 Å². The maximum absolute atomic E-state index is 10.7. The summed E-state index contributed by atoms with van der Waals surface area (Å²) in [7, 11) is 0. The van der Waals surface area contributed by atoms with E-state index >= 15 is 0 Å². The summed E-state index contributed by atoms with van der Waals surface area (Å²) in [5.74, 6) is 0.229. The Balaban J connectivity index is 2.19. The molecule has 0 N–H and O–H groups in total. The van der Waals surface area contributed by atoms with Gasteiger partial charge < -0.3 is 4.90 Å². The van der Waals surface area contributed by atoms with Crippen LogP contribution in [0.3, 0.4) is 0 Å². The van der Waals surface area contributed by atoms with Crippen molar-refractivity contribution in [2.24, 2.45) is 0 Å². The topological polar surface area (TPSA) is 20.3 Å². The number of fused-ring (bicyclic) bond motifs is 1. The van der Waals surface area contributed by atoms with Crippen LogP contribution in [0.25, 0.3) is 0 Å². The van der Waals surface area contributed by atoms with Gasteiger partial charge in [0.2, 0.25) is 5.91 Å². The Bertz CT molecular complexity index is 189. The molecule has 2 heterocycles. The summed E-state index contributed by atoms with van der Waals surface area (Å²) in [5, 5.41) is 0.280. The summed E-state index contributed by atoms with van der Waals surface area (Å²) < 4.78 is 0. The van der Waals surface area contributed by atoms with Gasteiger partial charge in [-0.25, -0.2) is 0 Å². The Morgan fingerprint density at radius 1 is 1.78 bits per heavy atom. The van der Waals surface area contributed by atoms with Crippen molar-refractivity contribution >= 4 is 18.5 Å². The predicted octanol–water partition coefficient (Wildman–Crippen LogP) is 0.413. The molecule has 9 heavy (non-hydrogen) atoms. The van der Waals surface area contributed by atoms with Crippen LogP contribution in [0.2, 0.25) is 0 Å². The van der Waals surface area contributed by atoms with Gasteiger partial charge in [0.15, 0.2) is 0 Å². The molecular weight excluding hydrogens is 134 g/mol. The molecule has 0 saturated carbocycles. The number of carbonyl (C=O) groups is 1. The van der Waals surface area contributed by atoms with Crippen LogP contribution in [0, 0.1) is 0 Å². The second kappa shape index (κ2) is 1.53. The maximum atomic E-state index is 10.7. The zero-order chi connectivity index (χ0) is 6.43. The van der Waals surface area contributed by atoms with Crippen molar-refractivity contribution in [1.82, 2.24) is 4.90 Å². The Hall–Kier alpha value is -0.440. The number of nitrogens with zero attached hydrogens (tertiary/aromatic N) is 1. The number of thiol groups is 1. The first-order valence-electron chi connectivity index (χ1n) is 2.96. The molecule has 0 aromatic carbocycles. The average Bonchev–Trinajstić information content (AvgIpc) is 2.07. The lowest BCUT2D eigenvalue weighted by molar-refractivity contribution is -0.139.